The Morgan fingerprint density at radius 1 is 1.24 bits per heavy atom. The Kier molecular flexibility index (Phi) is 4.39. The highest BCUT2D eigenvalue weighted by molar-refractivity contribution is 5.52. The van der Waals surface area contributed by atoms with Gasteiger partial charge in [0.2, 0.25) is 0 Å². The van der Waals surface area contributed by atoms with Gasteiger partial charge in [-0.05, 0) is 54.2 Å². The summed E-state index contributed by atoms with van der Waals surface area (Å²) < 4.78 is 5.54. The third-order valence-electron chi connectivity index (χ3n) is 4.24. The van der Waals surface area contributed by atoms with E-state index in [1.54, 1.807) is 13.3 Å². The molecule has 2 aromatic rings. The minimum absolute atomic E-state index is 0.653. The number of hydrogen-bond donors (Lipinski definition) is 1. The Morgan fingerprint density at radius 3 is 2.81 bits per heavy atom. The van der Waals surface area contributed by atoms with E-state index in [1.807, 2.05) is 12.3 Å². The van der Waals surface area contributed by atoms with Crippen LogP contribution in [-0.4, -0.2) is 12.1 Å². The van der Waals surface area contributed by atoms with Gasteiger partial charge in [0.15, 0.2) is 0 Å². The van der Waals surface area contributed by atoms with E-state index in [2.05, 4.69) is 34.6 Å². The summed E-state index contributed by atoms with van der Waals surface area (Å²) in [6.45, 7) is 0.796. The number of nitrogens with zero attached hydrogens (tertiary/aromatic N) is 1. The molecule has 21 heavy (non-hydrogen) atoms. The first kappa shape index (κ1) is 13.9. The van der Waals surface area contributed by atoms with Crippen LogP contribution < -0.4 is 10.1 Å². The number of methoxy groups -OCH3 is 1. The van der Waals surface area contributed by atoms with E-state index >= 15 is 0 Å². The van der Waals surface area contributed by atoms with Crippen LogP contribution in [0.5, 0.6) is 5.75 Å². The van der Waals surface area contributed by atoms with Gasteiger partial charge >= 0.3 is 0 Å². The largest absolute Gasteiger partial charge is 0.496 e. The molecule has 3 nitrogen and oxygen atoms in total. The first-order valence-corrected chi connectivity index (χ1v) is 7.67. The molecule has 0 atom stereocenters. The molecule has 0 unspecified atom stereocenters. The maximum Gasteiger partial charge on any atom is 0.122 e. The molecular weight excluding hydrogens is 260 g/mol. The lowest BCUT2D eigenvalue weighted by Crippen LogP contribution is -2.02. The highest BCUT2D eigenvalue weighted by atomic mass is 16.5. The van der Waals surface area contributed by atoms with Crippen LogP contribution in [0.2, 0.25) is 0 Å². The molecular formula is C18H22N2O. The predicted molar refractivity (Wildman–Crippen MR) is 85.8 cm³/mol. The normalized spacial score (nSPS) is 15.1. The van der Waals surface area contributed by atoms with Crippen molar-refractivity contribution in [1.29, 1.82) is 0 Å². The molecule has 1 saturated carbocycles. The van der Waals surface area contributed by atoms with Crippen LogP contribution in [0.4, 0.5) is 5.69 Å². The van der Waals surface area contributed by atoms with Crippen LogP contribution in [0.25, 0.3) is 0 Å². The molecule has 3 heteroatoms. The fourth-order valence-electron chi connectivity index (χ4n) is 3.11. The summed E-state index contributed by atoms with van der Waals surface area (Å²) in [6, 6.07) is 10.5. The number of anilines is 1. The van der Waals surface area contributed by atoms with E-state index < -0.39 is 0 Å². The number of rotatable bonds is 5. The molecule has 1 heterocycles. The van der Waals surface area contributed by atoms with Crippen LogP contribution in [0.3, 0.4) is 0 Å². The van der Waals surface area contributed by atoms with Gasteiger partial charge in [0, 0.05) is 24.6 Å². The van der Waals surface area contributed by atoms with Gasteiger partial charge in [0.05, 0.1) is 7.11 Å². The minimum atomic E-state index is 0.653. The number of hydrogen-bond acceptors (Lipinski definition) is 3. The molecule has 1 aromatic heterocycles. The van der Waals surface area contributed by atoms with Crippen LogP contribution >= 0.6 is 0 Å². The quantitative estimate of drug-likeness (QED) is 0.884. The van der Waals surface area contributed by atoms with E-state index in [9.17, 15) is 0 Å². The summed E-state index contributed by atoms with van der Waals surface area (Å²) in [5.74, 6) is 1.67. The summed E-state index contributed by atoms with van der Waals surface area (Å²) in [5.41, 5.74) is 3.70. The predicted octanol–water partition coefficient (Wildman–Crippen LogP) is 4.36. The number of ether oxygens (including phenoxy) is 1. The van der Waals surface area contributed by atoms with Crippen molar-refractivity contribution in [3.05, 3.63) is 53.9 Å². The zero-order chi connectivity index (χ0) is 14.5. The fraction of sp³-hybridized carbons (Fsp3) is 0.389. The van der Waals surface area contributed by atoms with Crippen molar-refractivity contribution in [2.45, 2.75) is 38.1 Å². The standard InChI is InChI=1S/C18H22N2O/c1-21-18-9-8-16(11-17(18)15-6-2-3-7-15)20-13-14-5-4-10-19-12-14/h4-5,8-12,15,20H,2-3,6-7,13H2,1H3. The van der Waals surface area contributed by atoms with Gasteiger partial charge in [-0.25, -0.2) is 0 Å². The Hall–Kier alpha value is -2.03. The van der Waals surface area contributed by atoms with E-state index in [4.69, 9.17) is 4.74 Å². The topological polar surface area (TPSA) is 34.1 Å². The van der Waals surface area contributed by atoms with Crippen molar-refractivity contribution in [2.75, 3.05) is 12.4 Å². The second kappa shape index (κ2) is 6.61. The number of aromatic nitrogens is 1. The van der Waals surface area contributed by atoms with E-state index in [0.29, 0.717) is 5.92 Å². The first-order valence-electron chi connectivity index (χ1n) is 7.67. The van der Waals surface area contributed by atoms with Gasteiger partial charge in [-0.3, -0.25) is 4.98 Å². The molecule has 1 aromatic carbocycles. The summed E-state index contributed by atoms with van der Waals surface area (Å²) in [6.07, 6.45) is 8.93. The maximum absolute atomic E-state index is 5.54. The van der Waals surface area contributed by atoms with Gasteiger partial charge in [0.1, 0.15) is 5.75 Å². The van der Waals surface area contributed by atoms with Gasteiger partial charge in [0.25, 0.3) is 0 Å². The highest BCUT2D eigenvalue weighted by Gasteiger charge is 2.20. The Labute approximate surface area is 126 Å². The van der Waals surface area contributed by atoms with E-state index in [-0.39, 0.29) is 0 Å². The summed E-state index contributed by atoms with van der Waals surface area (Å²) >= 11 is 0. The molecule has 0 saturated heterocycles. The number of pyridine rings is 1. The molecule has 110 valence electrons. The Morgan fingerprint density at radius 2 is 2.10 bits per heavy atom. The van der Waals surface area contributed by atoms with Crippen LogP contribution in [-0.2, 0) is 6.54 Å². The highest BCUT2D eigenvalue weighted by Crippen LogP contribution is 2.39. The lowest BCUT2D eigenvalue weighted by molar-refractivity contribution is 0.405. The molecule has 1 aliphatic carbocycles. The van der Waals surface area contributed by atoms with Crippen molar-refractivity contribution in [1.82, 2.24) is 4.98 Å². The summed E-state index contributed by atoms with van der Waals surface area (Å²) in [5, 5.41) is 3.48. The van der Waals surface area contributed by atoms with Crippen molar-refractivity contribution >= 4 is 5.69 Å². The minimum Gasteiger partial charge on any atom is -0.496 e. The van der Waals surface area contributed by atoms with Gasteiger partial charge in [-0.15, -0.1) is 0 Å². The molecule has 3 rings (SSSR count). The molecule has 1 fully saturated rings. The van der Waals surface area contributed by atoms with E-state index in [0.717, 1.165) is 18.0 Å². The van der Waals surface area contributed by atoms with Crippen molar-refractivity contribution in [3.63, 3.8) is 0 Å². The second-order valence-corrected chi connectivity index (χ2v) is 5.65. The lowest BCUT2D eigenvalue weighted by Gasteiger charge is -2.16. The number of nitrogens with one attached hydrogen (secondary N) is 1. The molecule has 0 amide bonds. The SMILES string of the molecule is COc1ccc(NCc2cccnc2)cc1C1CCCC1. The molecule has 0 spiro atoms. The summed E-state index contributed by atoms with van der Waals surface area (Å²) in [7, 11) is 1.76. The Bertz CT molecular complexity index is 577. The van der Waals surface area contributed by atoms with Crippen LogP contribution in [0.1, 0.15) is 42.7 Å². The van der Waals surface area contributed by atoms with Gasteiger partial charge in [-0.2, -0.15) is 0 Å². The summed E-state index contributed by atoms with van der Waals surface area (Å²) in [4.78, 5) is 4.14. The lowest BCUT2D eigenvalue weighted by atomic mass is 9.96. The van der Waals surface area contributed by atoms with Gasteiger partial charge < -0.3 is 10.1 Å². The van der Waals surface area contributed by atoms with Crippen molar-refractivity contribution in [2.24, 2.45) is 0 Å². The Balaban J connectivity index is 1.75. The third-order valence-corrected chi connectivity index (χ3v) is 4.24. The molecule has 1 N–H and O–H groups in total. The fourth-order valence-corrected chi connectivity index (χ4v) is 3.11. The van der Waals surface area contributed by atoms with Crippen molar-refractivity contribution in [3.8, 4) is 5.75 Å². The molecule has 0 radical (unpaired) electrons. The molecule has 0 aliphatic heterocycles. The molecule has 0 bridgehead atoms. The second-order valence-electron chi connectivity index (χ2n) is 5.65. The third kappa shape index (κ3) is 3.35. The van der Waals surface area contributed by atoms with Crippen molar-refractivity contribution < 1.29 is 4.74 Å². The maximum atomic E-state index is 5.54. The first-order chi connectivity index (χ1) is 10.4. The van der Waals surface area contributed by atoms with Gasteiger partial charge in [-0.1, -0.05) is 18.9 Å². The zero-order valence-electron chi connectivity index (χ0n) is 12.5. The van der Waals surface area contributed by atoms with E-state index in [1.165, 1.54) is 36.8 Å². The monoisotopic (exact) mass is 282 g/mol. The average Bonchev–Trinajstić information content (AvgIpc) is 3.08. The zero-order valence-corrected chi connectivity index (χ0v) is 12.5. The van der Waals surface area contributed by atoms with Crippen LogP contribution in [0.15, 0.2) is 42.7 Å². The average molecular weight is 282 g/mol. The van der Waals surface area contributed by atoms with Crippen LogP contribution in [0, 0.1) is 0 Å². The smallest absolute Gasteiger partial charge is 0.122 e. The molecule has 1 aliphatic rings. The number of benzene rings is 1.